The molecular formula is C20H26FNO2S2. The van der Waals surface area contributed by atoms with E-state index in [0.717, 1.165) is 33.8 Å². The normalized spacial score (nSPS) is 13.0. The Balaban J connectivity index is 1.88. The van der Waals surface area contributed by atoms with Crippen LogP contribution in [0.15, 0.2) is 46.2 Å². The average molecular weight is 396 g/mol. The zero-order valence-electron chi connectivity index (χ0n) is 15.7. The minimum Gasteiger partial charge on any atom is -0.211 e. The average Bonchev–Trinajstić information content (AvgIpc) is 2.53. The lowest BCUT2D eigenvalue weighted by Gasteiger charge is -2.16. The highest BCUT2D eigenvalue weighted by Crippen LogP contribution is 2.23. The molecule has 1 atom stereocenters. The summed E-state index contributed by atoms with van der Waals surface area (Å²) in [5.74, 6) is 0.833. The first-order valence-electron chi connectivity index (χ1n) is 8.65. The minimum absolute atomic E-state index is 0.212. The number of hydrogen-bond donors (Lipinski definition) is 1. The van der Waals surface area contributed by atoms with Crippen molar-refractivity contribution in [1.82, 2.24) is 4.72 Å². The summed E-state index contributed by atoms with van der Waals surface area (Å²) in [7, 11) is -3.51. The van der Waals surface area contributed by atoms with Crippen molar-refractivity contribution in [2.24, 2.45) is 5.92 Å². The molecule has 0 aromatic heterocycles. The van der Waals surface area contributed by atoms with Crippen LogP contribution in [0.3, 0.4) is 0 Å². The van der Waals surface area contributed by atoms with Crippen LogP contribution in [0.5, 0.6) is 0 Å². The number of rotatable bonds is 8. The fourth-order valence-electron chi connectivity index (χ4n) is 2.93. The van der Waals surface area contributed by atoms with Crippen molar-refractivity contribution >= 4 is 21.8 Å². The van der Waals surface area contributed by atoms with E-state index in [9.17, 15) is 12.8 Å². The summed E-state index contributed by atoms with van der Waals surface area (Å²) in [6, 6.07) is 10.2. The van der Waals surface area contributed by atoms with Crippen molar-refractivity contribution in [3.05, 3.63) is 58.9 Å². The second-order valence-corrected chi connectivity index (χ2v) is 9.65. The fraction of sp³-hybridized carbons (Fsp3) is 0.400. The zero-order valence-corrected chi connectivity index (χ0v) is 17.3. The second kappa shape index (κ2) is 9.02. The molecule has 0 heterocycles. The number of benzene rings is 2. The fourth-order valence-corrected chi connectivity index (χ4v) is 5.62. The third-order valence-electron chi connectivity index (χ3n) is 4.19. The molecule has 0 saturated heterocycles. The van der Waals surface area contributed by atoms with Crippen molar-refractivity contribution in [1.29, 1.82) is 0 Å². The van der Waals surface area contributed by atoms with E-state index in [1.807, 2.05) is 39.8 Å². The van der Waals surface area contributed by atoms with Crippen LogP contribution in [0.4, 0.5) is 4.39 Å². The van der Waals surface area contributed by atoms with Crippen molar-refractivity contribution in [3.8, 4) is 0 Å². The van der Waals surface area contributed by atoms with Crippen LogP contribution in [0, 0.1) is 32.5 Å². The van der Waals surface area contributed by atoms with E-state index in [2.05, 4.69) is 4.72 Å². The van der Waals surface area contributed by atoms with Gasteiger partial charge < -0.3 is 0 Å². The third kappa shape index (κ3) is 5.83. The van der Waals surface area contributed by atoms with Crippen molar-refractivity contribution in [3.63, 3.8) is 0 Å². The molecule has 0 bridgehead atoms. The molecule has 26 heavy (non-hydrogen) atoms. The van der Waals surface area contributed by atoms with Gasteiger partial charge in [0.25, 0.3) is 0 Å². The van der Waals surface area contributed by atoms with Crippen LogP contribution >= 0.6 is 11.8 Å². The van der Waals surface area contributed by atoms with E-state index in [1.165, 1.54) is 12.1 Å². The Morgan fingerprint density at radius 2 is 1.65 bits per heavy atom. The standard InChI is InChI=1S/C20H26FNO2S2/c1-14(9-10-25-19-7-5-18(21)6-8-19)13-22-26(23,24)20-16(3)11-15(2)12-17(20)4/h5-8,11-12,14,22H,9-10,13H2,1-4H3. The molecule has 2 aromatic rings. The van der Waals surface area contributed by atoms with Gasteiger partial charge in [-0.2, -0.15) is 0 Å². The maximum absolute atomic E-state index is 12.9. The number of nitrogens with one attached hydrogen (secondary N) is 1. The first-order chi connectivity index (χ1) is 12.2. The molecule has 0 saturated carbocycles. The van der Waals surface area contributed by atoms with Crippen LogP contribution in [-0.2, 0) is 10.0 Å². The number of thioether (sulfide) groups is 1. The summed E-state index contributed by atoms with van der Waals surface area (Å²) in [5.41, 5.74) is 2.61. The summed E-state index contributed by atoms with van der Waals surface area (Å²) in [6.45, 7) is 8.06. The molecule has 0 fully saturated rings. The highest BCUT2D eigenvalue weighted by molar-refractivity contribution is 7.99. The molecule has 0 amide bonds. The van der Waals surface area contributed by atoms with Crippen LogP contribution < -0.4 is 4.72 Å². The van der Waals surface area contributed by atoms with Gasteiger partial charge in [-0.15, -0.1) is 11.8 Å². The second-order valence-electron chi connectivity index (χ2n) is 6.78. The predicted octanol–water partition coefficient (Wildman–Crippen LogP) is 4.85. The van der Waals surface area contributed by atoms with Gasteiger partial charge >= 0.3 is 0 Å². The Kier molecular flexibility index (Phi) is 7.26. The summed E-state index contributed by atoms with van der Waals surface area (Å²) in [6.07, 6.45) is 0.871. The van der Waals surface area contributed by atoms with Gasteiger partial charge in [0.05, 0.1) is 4.90 Å². The molecule has 3 nitrogen and oxygen atoms in total. The van der Waals surface area contributed by atoms with Gasteiger partial charge in [0.15, 0.2) is 0 Å². The predicted molar refractivity (Wildman–Crippen MR) is 107 cm³/mol. The number of sulfonamides is 1. The smallest absolute Gasteiger partial charge is 0.211 e. The molecule has 0 spiro atoms. The molecular weight excluding hydrogens is 369 g/mol. The largest absolute Gasteiger partial charge is 0.241 e. The lowest BCUT2D eigenvalue weighted by molar-refractivity contribution is 0.530. The molecule has 2 rings (SSSR count). The van der Waals surface area contributed by atoms with Crippen LogP contribution in [0.2, 0.25) is 0 Å². The van der Waals surface area contributed by atoms with Gasteiger partial charge in [0.2, 0.25) is 10.0 Å². The highest BCUT2D eigenvalue weighted by Gasteiger charge is 2.20. The van der Waals surface area contributed by atoms with E-state index < -0.39 is 10.0 Å². The molecule has 2 aromatic carbocycles. The third-order valence-corrected chi connectivity index (χ3v) is 6.96. The molecule has 0 aliphatic rings. The Morgan fingerprint density at radius 3 is 2.23 bits per heavy atom. The van der Waals surface area contributed by atoms with Crippen LogP contribution in [0.25, 0.3) is 0 Å². The summed E-state index contributed by atoms with van der Waals surface area (Å²) in [5, 5.41) is 0. The van der Waals surface area contributed by atoms with Gasteiger partial charge in [-0.05, 0) is 74.3 Å². The van der Waals surface area contributed by atoms with E-state index in [-0.39, 0.29) is 11.7 Å². The number of aryl methyl sites for hydroxylation is 3. The summed E-state index contributed by atoms with van der Waals surface area (Å²) < 4.78 is 41.0. The maximum Gasteiger partial charge on any atom is 0.241 e. The Morgan fingerprint density at radius 1 is 1.08 bits per heavy atom. The molecule has 1 N–H and O–H groups in total. The van der Waals surface area contributed by atoms with E-state index in [4.69, 9.17) is 0 Å². The zero-order chi connectivity index (χ0) is 19.3. The number of halogens is 1. The highest BCUT2D eigenvalue weighted by atomic mass is 32.2. The molecule has 0 radical (unpaired) electrons. The van der Waals surface area contributed by atoms with Gasteiger partial charge in [-0.1, -0.05) is 24.6 Å². The summed E-state index contributed by atoms with van der Waals surface area (Å²) in [4.78, 5) is 1.40. The first-order valence-corrected chi connectivity index (χ1v) is 11.1. The first kappa shape index (κ1) is 20.9. The SMILES string of the molecule is Cc1cc(C)c(S(=O)(=O)NCC(C)CCSc2ccc(F)cc2)c(C)c1. The van der Waals surface area contributed by atoms with Gasteiger partial charge in [0.1, 0.15) is 5.82 Å². The topological polar surface area (TPSA) is 46.2 Å². The number of hydrogen-bond acceptors (Lipinski definition) is 3. The molecule has 1 unspecified atom stereocenters. The lowest BCUT2D eigenvalue weighted by Crippen LogP contribution is -2.29. The monoisotopic (exact) mass is 395 g/mol. The maximum atomic E-state index is 12.9. The molecule has 142 valence electrons. The minimum atomic E-state index is -3.51. The summed E-state index contributed by atoms with van der Waals surface area (Å²) >= 11 is 1.65. The molecule has 0 aliphatic heterocycles. The van der Waals surface area contributed by atoms with Crippen molar-refractivity contribution in [2.45, 2.75) is 43.9 Å². The Labute approximate surface area is 160 Å². The van der Waals surface area contributed by atoms with Crippen LogP contribution in [0.1, 0.15) is 30.0 Å². The van der Waals surface area contributed by atoms with E-state index >= 15 is 0 Å². The Hall–Kier alpha value is -1.37. The van der Waals surface area contributed by atoms with E-state index in [0.29, 0.717) is 11.4 Å². The van der Waals surface area contributed by atoms with Crippen molar-refractivity contribution in [2.75, 3.05) is 12.3 Å². The quantitative estimate of drug-likeness (QED) is 0.650. The van der Waals surface area contributed by atoms with Gasteiger partial charge in [0, 0.05) is 11.4 Å². The van der Waals surface area contributed by atoms with Gasteiger partial charge in [-0.25, -0.2) is 17.5 Å². The lowest BCUT2D eigenvalue weighted by atomic mass is 10.1. The van der Waals surface area contributed by atoms with Crippen molar-refractivity contribution < 1.29 is 12.8 Å². The molecule has 6 heteroatoms. The van der Waals surface area contributed by atoms with Gasteiger partial charge in [-0.3, -0.25) is 0 Å². The molecule has 0 aliphatic carbocycles. The van der Waals surface area contributed by atoms with E-state index in [1.54, 1.807) is 23.9 Å². The Bertz CT molecular complexity index is 826. The van der Waals surface area contributed by atoms with Crippen LogP contribution in [-0.4, -0.2) is 20.7 Å².